The van der Waals surface area contributed by atoms with Crippen LogP contribution >= 0.6 is 16.6 Å². The lowest BCUT2D eigenvalue weighted by Crippen LogP contribution is -2.20. The molecule has 134 valence electrons. The summed E-state index contributed by atoms with van der Waals surface area (Å²) in [5, 5.41) is 17.6. The molecule has 6 nitrogen and oxygen atoms in total. The van der Waals surface area contributed by atoms with E-state index in [1.807, 2.05) is 0 Å². The van der Waals surface area contributed by atoms with Crippen LogP contribution < -0.4 is 0 Å². The van der Waals surface area contributed by atoms with Crippen molar-refractivity contribution in [1.82, 2.24) is 0 Å². The number of carboxylic acids is 2. The molecule has 0 bridgehead atoms. The van der Waals surface area contributed by atoms with Crippen LogP contribution in [0.15, 0.2) is 24.3 Å². The van der Waals surface area contributed by atoms with E-state index in [1.54, 1.807) is 0 Å². The van der Waals surface area contributed by atoms with Gasteiger partial charge in [-0.25, -0.2) is 0 Å². The van der Waals surface area contributed by atoms with Crippen molar-refractivity contribution in [3.63, 3.8) is 0 Å². The lowest BCUT2D eigenvalue weighted by atomic mass is 10.1. The fraction of sp³-hybridized carbons (Fsp3) is 0.429. The second-order valence-electron chi connectivity index (χ2n) is 5.48. The van der Waals surface area contributed by atoms with Crippen molar-refractivity contribution in [2.45, 2.75) is 24.7 Å². The number of carbonyl (C=O) groups is 2. The molecule has 1 aromatic rings. The van der Waals surface area contributed by atoms with E-state index < -0.39 is 49.6 Å². The van der Waals surface area contributed by atoms with Gasteiger partial charge in [-0.05, 0) is 18.1 Å². The molecule has 1 aromatic carbocycles. The molecule has 0 aliphatic carbocycles. The number of alkyl halides is 2. The quantitative estimate of drug-likeness (QED) is 0.566. The summed E-state index contributed by atoms with van der Waals surface area (Å²) in [6.45, 7) is 0. The molecule has 3 atom stereocenters. The summed E-state index contributed by atoms with van der Waals surface area (Å²) in [7, 11) is -2.61. The fourth-order valence-electron chi connectivity index (χ4n) is 2.16. The topological polar surface area (TPSA) is 112 Å². The maximum atomic E-state index is 13.3. The Bertz CT molecular complexity index is 659. The van der Waals surface area contributed by atoms with E-state index in [-0.39, 0.29) is 17.5 Å². The first kappa shape index (κ1) is 20.7. The van der Waals surface area contributed by atoms with Gasteiger partial charge in [0.15, 0.2) is 0 Å². The smallest absolute Gasteiger partial charge is 0.307 e. The molecule has 3 N–H and O–H groups in total. The zero-order valence-corrected chi connectivity index (χ0v) is 14.6. The van der Waals surface area contributed by atoms with Gasteiger partial charge in [0.25, 0.3) is 5.66 Å². The highest BCUT2D eigenvalue weighted by molar-refractivity contribution is 7.57. The second-order valence-corrected chi connectivity index (χ2v) is 8.58. The minimum Gasteiger partial charge on any atom is -0.481 e. The van der Waals surface area contributed by atoms with Gasteiger partial charge in [-0.2, -0.15) is 8.78 Å². The SMILES string of the molecule is O=C(O)CCC(CP(=O)(O)Cc1cccc(C(F)(F)P)c1)C(=O)O. The van der Waals surface area contributed by atoms with Gasteiger partial charge in [-0.1, -0.05) is 27.4 Å². The monoisotopic (exact) mass is 382 g/mol. The highest BCUT2D eigenvalue weighted by atomic mass is 31.2. The van der Waals surface area contributed by atoms with Crippen LogP contribution in [0, 0.1) is 5.92 Å². The Labute approximate surface area is 139 Å². The van der Waals surface area contributed by atoms with Crippen LogP contribution in [0.3, 0.4) is 0 Å². The standard InChI is InChI=1S/C14H18F2O6P2/c15-14(16,23)11-3-1-2-9(6-11)7-24(21,22)8-10(13(19)20)4-5-12(17)18/h1-3,6,10H,4-5,7-8,23H2,(H,17,18)(H,19,20)(H,21,22). The van der Waals surface area contributed by atoms with Gasteiger partial charge in [-0.3, -0.25) is 14.2 Å². The molecule has 0 fully saturated rings. The van der Waals surface area contributed by atoms with Gasteiger partial charge in [0, 0.05) is 24.3 Å². The summed E-state index contributed by atoms with van der Waals surface area (Å²) in [5.74, 6) is -3.86. The summed E-state index contributed by atoms with van der Waals surface area (Å²) in [6.07, 6.45) is -1.79. The molecule has 0 aliphatic heterocycles. The van der Waals surface area contributed by atoms with Crippen LogP contribution in [0.5, 0.6) is 0 Å². The molecule has 0 saturated heterocycles. The Balaban J connectivity index is 2.86. The minimum atomic E-state index is -3.98. The van der Waals surface area contributed by atoms with E-state index in [4.69, 9.17) is 10.2 Å². The van der Waals surface area contributed by atoms with E-state index >= 15 is 0 Å². The Morgan fingerprint density at radius 3 is 2.42 bits per heavy atom. The number of aliphatic carboxylic acids is 2. The number of hydrogen-bond acceptors (Lipinski definition) is 3. The Morgan fingerprint density at radius 2 is 1.92 bits per heavy atom. The number of rotatable bonds is 9. The van der Waals surface area contributed by atoms with Crippen LogP contribution in [0.2, 0.25) is 0 Å². The average Bonchev–Trinajstić information content (AvgIpc) is 2.41. The molecule has 0 aliphatic rings. The lowest BCUT2D eigenvalue weighted by Gasteiger charge is -2.18. The van der Waals surface area contributed by atoms with Crippen molar-refractivity contribution in [3.05, 3.63) is 35.4 Å². The van der Waals surface area contributed by atoms with Crippen molar-refractivity contribution < 1.29 is 38.0 Å². The second kappa shape index (κ2) is 8.15. The van der Waals surface area contributed by atoms with E-state index in [0.29, 0.717) is 0 Å². The zero-order chi connectivity index (χ0) is 18.5. The number of halogens is 2. The molecule has 0 saturated carbocycles. The molecule has 0 heterocycles. The van der Waals surface area contributed by atoms with Crippen LogP contribution in [-0.2, 0) is 26.0 Å². The van der Waals surface area contributed by atoms with Gasteiger partial charge in [-0.15, -0.1) is 0 Å². The molecule has 3 unspecified atom stereocenters. The Morgan fingerprint density at radius 1 is 1.29 bits per heavy atom. The van der Waals surface area contributed by atoms with Gasteiger partial charge in [0.1, 0.15) is 0 Å². The maximum Gasteiger partial charge on any atom is 0.307 e. The number of hydrogen-bond donors (Lipinski definition) is 3. The molecule has 10 heteroatoms. The Hall–Kier alpha value is -1.36. The molecule has 1 rings (SSSR count). The predicted octanol–water partition coefficient (Wildman–Crippen LogP) is 2.95. The van der Waals surface area contributed by atoms with E-state index in [1.165, 1.54) is 27.4 Å². The number of benzene rings is 1. The lowest BCUT2D eigenvalue weighted by molar-refractivity contribution is -0.142. The summed E-state index contributed by atoms with van der Waals surface area (Å²) in [6, 6.07) is 4.98. The molecule has 0 radical (unpaired) electrons. The molecular weight excluding hydrogens is 364 g/mol. The third-order valence-electron chi connectivity index (χ3n) is 3.30. The molecule has 0 spiro atoms. The van der Waals surface area contributed by atoms with Crippen molar-refractivity contribution in [2.24, 2.45) is 5.92 Å². The van der Waals surface area contributed by atoms with Crippen LogP contribution in [-0.4, -0.2) is 33.2 Å². The van der Waals surface area contributed by atoms with E-state index in [9.17, 15) is 27.8 Å². The van der Waals surface area contributed by atoms with Gasteiger partial charge in [0.05, 0.1) is 5.92 Å². The highest BCUT2D eigenvalue weighted by Crippen LogP contribution is 2.47. The minimum absolute atomic E-state index is 0.183. The summed E-state index contributed by atoms with van der Waals surface area (Å²) >= 11 is 0. The third kappa shape index (κ3) is 7.04. The zero-order valence-electron chi connectivity index (χ0n) is 12.6. The Kier molecular flexibility index (Phi) is 7.02. The van der Waals surface area contributed by atoms with Crippen molar-refractivity contribution in [3.8, 4) is 0 Å². The van der Waals surface area contributed by atoms with Gasteiger partial charge >= 0.3 is 11.9 Å². The van der Waals surface area contributed by atoms with Crippen LogP contribution in [0.1, 0.15) is 24.0 Å². The summed E-state index contributed by atoms with van der Waals surface area (Å²) in [4.78, 5) is 31.6. The van der Waals surface area contributed by atoms with Crippen molar-refractivity contribution >= 4 is 28.5 Å². The van der Waals surface area contributed by atoms with Crippen LogP contribution in [0.25, 0.3) is 0 Å². The molecule has 0 amide bonds. The van der Waals surface area contributed by atoms with Crippen LogP contribution in [0.4, 0.5) is 8.78 Å². The van der Waals surface area contributed by atoms with Gasteiger partial charge in [0.2, 0.25) is 7.37 Å². The molecule has 24 heavy (non-hydrogen) atoms. The van der Waals surface area contributed by atoms with E-state index in [0.717, 1.165) is 6.07 Å². The number of carboxylic acid groups (broad SMARTS) is 2. The van der Waals surface area contributed by atoms with Crippen molar-refractivity contribution in [1.29, 1.82) is 0 Å². The van der Waals surface area contributed by atoms with Gasteiger partial charge < -0.3 is 15.1 Å². The summed E-state index contributed by atoms with van der Waals surface area (Å²) in [5.41, 5.74) is -3.34. The molecular formula is C14H18F2O6P2. The predicted molar refractivity (Wildman–Crippen MR) is 86.4 cm³/mol. The highest BCUT2D eigenvalue weighted by Gasteiger charge is 2.30. The third-order valence-corrected chi connectivity index (χ3v) is 5.51. The molecule has 0 aromatic heterocycles. The van der Waals surface area contributed by atoms with E-state index in [2.05, 4.69) is 0 Å². The fourth-order valence-corrected chi connectivity index (χ4v) is 4.27. The first-order valence-corrected chi connectivity index (χ1v) is 9.53. The largest absolute Gasteiger partial charge is 0.481 e. The first-order chi connectivity index (χ1) is 10.9. The normalized spacial score (nSPS) is 15.5. The summed E-state index contributed by atoms with van der Waals surface area (Å²) < 4.78 is 38.8. The average molecular weight is 382 g/mol. The first-order valence-electron chi connectivity index (χ1n) is 6.92. The maximum absolute atomic E-state index is 13.3. The van der Waals surface area contributed by atoms with Crippen molar-refractivity contribution in [2.75, 3.05) is 6.16 Å².